The third-order valence-corrected chi connectivity index (χ3v) is 4.39. The number of aromatic nitrogens is 1. The minimum Gasteiger partial charge on any atom is -0.252 e. The molecular weight excluding hydrogens is 242 g/mol. The quantitative estimate of drug-likeness (QED) is 0.621. The van der Waals surface area contributed by atoms with E-state index in [0.717, 1.165) is 11.9 Å². The van der Waals surface area contributed by atoms with Crippen LogP contribution in [-0.2, 0) is 6.42 Å². The second-order valence-electron chi connectivity index (χ2n) is 5.68. The summed E-state index contributed by atoms with van der Waals surface area (Å²) in [5.74, 6) is 0.468. The largest absolute Gasteiger partial charge is 0.252 e. The van der Waals surface area contributed by atoms with Crippen molar-refractivity contribution in [3.8, 4) is 0 Å². The molecule has 3 aromatic rings. The highest BCUT2D eigenvalue weighted by Crippen LogP contribution is 2.38. The van der Waals surface area contributed by atoms with E-state index in [1.807, 2.05) is 0 Å². The highest BCUT2D eigenvalue weighted by molar-refractivity contribution is 5.83. The van der Waals surface area contributed by atoms with Gasteiger partial charge in [-0.2, -0.15) is 0 Å². The molecule has 1 atom stereocenters. The van der Waals surface area contributed by atoms with Gasteiger partial charge in [0.25, 0.3) is 0 Å². The van der Waals surface area contributed by atoms with Gasteiger partial charge in [0.05, 0.1) is 11.2 Å². The number of benzene rings is 2. The number of rotatable bonds is 1. The first-order chi connectivity index (χ1) is 9.83. The molecule has 0 amide bonds. The second kappa shape index (κ2) is 4.45. The van der Waals surface area contributed by atoms with Crippen molar-refractivity contribution in [1.82, 2.24) is 4.98 Å². The molecule has 0 radical (unpaired) electrons. The Labute approximate surface area is 119 Å². The number of pyridine rings is 1. The number of fused-ring (bicyclic) bond motifs is 2. The molecule has 2 aromatic carbocycles. The van der Waals surface area contributed by atoms with Gasteiger partial charge in [-0.05, 0) is 42.5 Å². The van der Waals surface area contributed by atoms with Gasteiger partial charge in [-0.3, -0.25) is 4.98 Å². The van der Waals surface area contributed by atoms with E-state index in [1.165, 1.54) is 34.2 Å². The molecule has 0 aliphatic heterocycles. The molecule has 1 aliphatic carbocycles. The Hall–Kier alpha value is -2.15. The summed E-state index contributed by atoms with van der Waals surface area (Å²) in [6, 6.07) is 19.6. The summed E-state index contributed by atoms with van der Waals surface area (Å²) in [4.78, 5) is 5.01. The van der Waals surface area contributed by atoms with Gasteiger partial charge in [0.1, 0.15) is 0 Å². The standard InChI is InChI=1S/C19H17N/c1-13-6-5-9-15-12-16-10-11-17(19(16)20-18(13)15)14-7-3-2-4-8-14/h2-9,12,17H,10-11H2,1H3. The van der Waals surface area contributed by atoms with Crippen molar-refractivity contribution in [2.75, 3.05) is 0 Å². The van der Waals surface area contributed by atoms with Gasteiger partial charge >= 0.3 is 0 Å². The van der Waals surface area contributed by atoms with Crippen LogP contribution in [0.25, 0.3) is 10.9 Å². The van der Waals surface area contributed by atoms with E-state index >= 15 is 0 Å². The molecule has 1 unspecified atom stereocenters. The minimum atomic E-state index is 0.468. The first kappa shape index (κ1) is 11.7. The van der Waals surface area contributed by atoms with Gasteiger partial charge < -0.3 is 0 Å². The highest BCUT2D eigenvalue weighted by Gasteiger charge is 2.26. The maximum atomic E-state index is 5.01. The van der Waals surface area contributed by atoms with E-state index in [9.17, 15) is 0 Å². The molecule has 0 fully saturated rings. The number of aryl methyl sites for hydroxylation is 2. The van der Waals surface area contributed by atoms with Crippen molar-refractivity contribution >= 4 is 10.9 Å². The topological polar surface area (TPSA) is 12.9 Å². The average molecular weight is 259 g/mol. The number of hydrogen-bond donors (Lipinski definition) is 0. The molecule has 98 valence electrons. The van der Waals surface area contributed by atoms with Crippen molar-refractivity contribution in [2.45, 2.75) is 25.7 Å². The summed E-state index contributed by atoms with van der Waals surface area (Å²) in [5, 5.41) is 1.28. The van der Waals surface area contributed by atoms with Crippen LogP contribution >= 0.6 is 0 Å². The highest BCUT2D eigenvalue weighted by atomic mass is 14.7. The lowest BCUT2D eigenvalue weighted by atomic mass is 9.96. The van der Waals surface area contributed by atoms with Crippen molar-refractivity contribution in [3.05, 3.63) is 77.0 Å². The van der Waals surface area contributed by atoms with E-state index in [-0.39, 0.29) is 0 Å². The number of para-hydroxylation sites is 1. The van der Waals surface area contributed by atoms with Crippen LogP contribution in [0.4, 0.5) is 0 Å². The zero-order chi connectivity index (χ0) is 13.5. The van der Waals surface area contributed by atoms with Crippen molar-refractivity contribution in [2.24, 2.45) is 0 Å². The fraction of sp³-hybridized carbons (Fsp3) is 0.211. The van der Waals surface area contributed by atoms with E-state index in [1.54, 1.807) is 0 Å². The van der Waals surface area contributed by atoms with Crippen LogP contribution < -0.4 is 0 Å². The first-order valence-corrected chi connectivity index (χ1v) is 7.27. The van der Waals surface area contributed by atoms with Crippen molar-refractivity contribution in [3.63, 3.8) is 0 Å². The summed E-state index contributed by atoms with van der Waals surface area (Å²) in [5.41, 5.74) is 6.54. The van der Waals surface area contributed by atoms with Crippen LogP contribution in [0.1, 0.15) is 34.7 Å². The Kier molecular flexibility index (Phi) is 2.59. The Morgan fingerprint density at radius 1 is 1.00 bits per heavy atom. The third-order valence-electron chi connectivity index (χ3n) is 4.39. The van der Waals surface area contributed by atoms with E-state index < -0.39 is 0 Å². The van der Waals surface area contributed by atoms with Crippen LogP contribution in [0.15, 0.2) is 54.6 Å². The lowest BCUT2D eigenvalue weighted by Crippen LogP contribution is -1.99. The molecule has 20 heavy (non-hydrogen) atoms. The summed E-state index contributed by atoms with van der Waals surface area (Å²) < 4.78 is 0. The first-order valence-electron chi connectivity index (χ1n) is 7.27. The fourth-order valence-corrected chi connectivity index (χ4v) is 3.35. The summed E-state index contributed by atoms with van der Waals surface area (Å²) in [6.07, 6.45) is 2.33. The van der Waals surface area contributed by atoms with Crippen molar-refractivity contribution in [1.29, 1.82) is 0 Å². The Bertz CT molecular complexity index is 774. The summed E-state index contributed by atoms with van der Waals surface area (Å²) >= 11 is 0. The molecule has 0 bridgehead atoms. The van der Waals surface area contributed by atoms with Gasteiger partial charge in [0.2, 0.25) is 0 Å². The Morgan fingerprint density at radius 2 is 1.85 bits per heavy atom. The summed E-state index contributed by atoms with van der Waals surface area (Å²) in [7, 11) is 0. The smallest absolute Gasteiger partial charge is 0.0734 e. The molecule has 1 nitrogen and oxygen atoms in total. The third kappa shape index (κ3) is 1.74. The molecule has 0 N–H and O–H groups in total. The molecule has 1 heterocycles. The van der Waals surface area contributed by atoms with Crippen LogP contribution in [0.5, 0.6) is 0 Å². The number of hydrogen-bond acceptors (Lipinski definition) is 1. The fourth-order valence-electron chi connectivity index (χ4n) is 3.35. The van der Waals surface area contributed by atoms with Gasteiger partial charge in [-0.15, -0.1) is 0 Å². The Morgan fingerprint density at radius 3 is 2.70 bits per heavy atom. The second-order valence-corrected chi connectivity index (χ2v) is 5.68. The van der Waals surface area contributed by atoms with Crippen LogP contribution in [0.3, 0.4) is 0 Å². The molecule has 0 spiro atoms. The van der Waals surface area contributed by atoms with Crippen LogP contribution in [-0.4, -0.2) is 4.98 Å². The molecule has 1 heteroatoms. The van der Waals surface area contributed by atoms with Gasteiger partial charge in [-0.1, -0.05) is 48.5 Å². The molecular formula is C19H17N. The predicted molar refractivity (Wildman–Crippen MR) is 83.1 cm³/mol. The van der Waals surface area contributed by atoms with Gasteiger partial charge in [0.15, 0.2) is 0 Å². The monoisotopic (exact) mass is 259 g/mol. The van der Waals surface area contributed by atoms with E-state index in [0.29, 0.717) is 5.92 Å². The van der Waals surface area contributed by atoms with Crippen LogP contribution in [0.2, 0.25) is 0 Å². The molecule has 1 aromatic heterocycles. The molecule has 0 saturated heterocycles. The number of nitrogens with zero attached hydrogens (tertiary/aromatic N) is 1. The normalized spacial score (nSPS) is 17.4. The summed E-state index contributed by atoms with van der Waals surface area (Å²) in [6.45, 7) is 2.15. The zero-order valence-electron chi connectivity index (χ0n) is 11.6. The van der Waals surface area contributed by atoms with E-state index in [2.05, 4.69) is 61.5 Å². The Balaban J connectivity index is 1.91. The minimum absolute atomic E-state index is 0.468. The maximum absolute atomic E-state index is 5.01. The SMILES string of the molecule is Cc1cccc2cc3c(nc12)C(c1ccccc1)CC3. The molecule has 4 rings (SSSR count). The lowest BCUT2D eigenvalue weighted by Gasteiger charge is -2.12. The van der Waals surface area contributed by atoms with Gasteiger partial charge in [0, 0.05) is 11.3 Å². The molecule has 1 aliphatic rings. The maximum Gasteiger partial charge on any atom is 0.0734 e. The van der Waals surface area contributed by atoms with Crippen LogP contribution in [0, 0.1) is 6.92 Å². The average Bonchev–Trinajstić information content (AvgIpc) is 2.90. The predicted octanol–water partition coefficient (Wildman–Crippen LogP) is 4.62. The zero-order valence-corrected chi connectivity index (χ0v) is 11.6. The van der Waals surface area contributed by atoms with Gasteiger partial charge in [-0.25, -0.2) is 0 Å². The lowest BCUT2D eigenvalue weighted by molar-refractivity contribution is 0.774. The van der Waals surface area contributed by atoms with E-state index in [4.69, 9.17) is 4.98 Å². The molecule has 0 saturated carbocycles. The van der Waals surface area contributed by atoms with Crippen molar-refractivity contribution < 1.29 is 0 Å².